The van der Waals surface area contributed by atoms with Crippen LogP contribution in [0.15, 0.2) is 30.6 Å². The average Bonchev–Trinajstić information content (AvgIpc) is 2.47. The van der Waals surface area contributed by atoms with E-state index in [0.717, 1.165) is 18.7 Å². The van der Waals surface area contributed by atoms with Crippen LogP contribution >= 0.6 is 0 Å². The van der Waals surface area contributed by atoms with Gasteiger partial charge in [0.25, 0.3) is 0 Å². The van der Waals surface area contributed by atoms with E-state index in [2.05, 4.69) is 20.9 Å². The fourth-order valence-corrected chi connectivity index (χ4v) is 1.75. The Hall–Kier alpha value is -1.35. The van der Waals surface area contributed by atoms with Gasteiger partial charge < -0.3 is 9.72 Å². The summed E-state index contributed by atoms with van der Waals surface area (Å²) in [7, 11) is 0. The molecular formula is C10H11N3. The zero-order valence-electron chi connectivity index (χ0n) is 7.27. The van der Waals surface area contributed by atoms with Crippen LogP contribution in [0.1, 0.15) is 11.6 Å². The van der Waals surface area contributed by atoms with Crippen LogP contribution in [0.5, 0.6) is 0 Å². The van der Waals surface area contributed by atoms with E-state index in [1.165, 1.54) is 5.69 Å². The molecular weight excluding hydrogens is 162 g/mol. The third-order valence-corrected chi connectivity index (χ3v) is 2.65. The number of fused-ring (bicyclic) bond motifs is 1. The zero-order valence-corrected chi connectivity index (χ0v) is 7.27. The fraction of sp³-hybridized carbons (Fsp3) is 0.300. The Kier molecular flexibility index (Phi) is 1.40. The van der Waals surface area contributed by atoms with E-state index in [-0.39, 0.29) is 0 Å². The van der Waals surface area contributed by atoms with Gasteiger partial charge in [-0.15, -0.1) is 0 Å². The normalized spacial score (nSPS) is 17.5. The van der Waals surface area contributed by atoms with Crippen molar-refractivity contribution in [3.63, 3.8) is 0 Å². The maximum absolute atomic E-state index is 4.36. The smallest absolute Gasteiger partial charge is 0.136 e. The molecule has 1 N–H and O–H groups in total. The van der Waals surface area contributed by atoms with Crippen LogP contribution in [0.3, 0.4) is 0 Å². The van der Waals surface area contributed by atoms with E-state index >= 15 is 0 Å². The number of hydrogen-bond donors (Lipinski definition) is 1. The van der Waals surface area contributed by atoms with E-state index in [1.54, 1.807) is 0 Å². The second kappa shape index (κ2) is 2.57. The van der Waals surface area contributed by atoms with Crippen molar-refractivity contribution >= 4 is 5.65 Å². The molecule has 13 heavy (non-hydrogen) atoms. The summed E-state index contributed by atoms with van der Waals surface area (Å²) < 4.78 is 2.17. The highest BCUT2D eigenvalue weighted by Crippen LogP contribution is 2.20. The predicted octanol–water partition coefficient (Wildman–Crippen LogP) is 1.02. The number of hydrogen-bond acceptors (Lipinski definition) is 2. The number of nitrogens with one attached hydrogen (secondary N) is 1. The van der Waals surface area contributed by atoms with Crippen LogP contribution in [-0.4, -0.2) is 22.5 Å². The molecule has 3 heterocycles. The number of nitrogens with zero attached hydrogens (tertiary/aromatic N) is 2. The Morgan fingerprint density at radius 2 is 2.31 bits per heavy atom. The van der Waals surface area contributed by atoms with Gasteiger partial charge in [-0.05, 0) is 12.1 Å². The highest BCUT2D eigenvalue weighted by molar-refractivity contribution is 5.41. The van der Waals surface area contributed by atoms with Crippen molar-refractivity contribution in [1.29, 1.82) is 0 Å². The van der Waals surface area contributed by atoms with Gasteiger partial charge in [-0.1, -0.05) is 6.07 Å². The Balaban J connectivity index is 2.17. The molecule has 0 amide bonds. The number of pyridine rings is 1. The molecule has 2 aromatic heterocycles. The first-order valence-corrected chi connectivity index (χ1v) is 4.58. The van der Waals surface area contributed by atoms with Gasteiger partial charge in [-0.3, -0.25) is 0 Å². The number of aromatic nitrogens is 2. The van der Waals surface area contributed by atoms with Gasteiger partial charge in [0.05, 0.1) is 0 Å². The molecule has 0 radical (unpaired) electrons. The molecule has 3 nitrogen and oxygen atoms in total. The second-order valence-electron chi connectivity index (χ2n) is 3.47. The van der Waals surface area contributed by atoms with Gasteiger partial charge in [0.15, 0.2) is 0 Å². The van der Waals surface area contributed by atoms with Crippen LogP contribution in [0.2, 0.25) is 0 Å². The van der Waals surface area contributed by atoms with Gasteiger partial charge in [0.1, 0.15) is 5.65 Å². The lowest BCUT2D eigenvalue weighted by molar-refractivity contribution is 0.438. The monoisotopic (exact) mass is 173 g/mol. The molecule has 0 saturated carbocycles. The number of rotatable bonds is 1. The van der Waals surface area contributed by atoms with Gasteiger partial charge in [-0.2, -0.15) is 0 Å². The Labute approximate surface area is 76.4 Å². The third-order valence-electron chi connectivity index (χ3n) is 2.65. The SMILES string of the molecule is c1ccn2c(C3CNC3)cnc2c1. The van der Waals surface area contributed by atoms with E-state index in [0.29, 0.717) is 5.92 Å². The maximum Gasteiger partial charge on any atom is 0.136 e. The van der Waals surface area contributed by atoms with Crippen molar-refractivity contribution in [3.8, 4) is 0 Å². The van der Waals surface area contributed by atoms with Crippen molar-refractivity contribution in [3.05, 3.63) is 36.3 Å². The minimum Gasteiger partial charge on any atom is -0.315 e. The van der Waals surface area contributed by atoms with E-state index in [1.807, 2.05) is 24.4 Å². The topological polar surface area (TPSA) is 29.3 Å². The van der Waals surface area contributed by atoms with Crippen LogP contribution in [0.25, 0.3) is 5.65 Å². The number of imidazole rings is 1. The molecule has 0 spiro atoms. The molecule has 2 aromatic rings. The first-order chi connectivity index (χ1) is 6.45. The summed E-state index contributed by atoms with van der Waals surface area (Å²) in [4.78, 5) is 4.36. The highest BCUT2D eigenvalue weighted by Gasteiger charge is 2.21. The summed E-state index contributed by atoms with van der Waals surface area (Å²) >= 11 is 0. The van der Waals surface area contributed by atoms with Crippen molar-refractivity contribution < 1.29 is 0 Å². The predicted molar refractivity (Wildman–Crippen MR) is 50.8 cm³/mol. The lowest BCUT2D eigenvalue weighted by Crippen LogP contribution is -2.40. The van der Waals surface area contributed by atoms with E-state index in [4.69, 9.17) is 0 Å². The molecule has 0 unspecified atom stereocenters. The van der Waals surface area contributed by atoms with Gasteiger partial charge in [0.2, 0.25) is 0 Å². The molecule has 0 aromatic carbocycles. The van der Waals surface area contributed by atoms with Crippen molar-refractivity contribution in [2.75, 3.05) is 13.1 Å². The molecule has 0 atom stereocenters. The largest absolute Gasteiger partial charge is 0.315 e. The summed E-state index contributed by atoms with van der Waals surface area (Å²) in [6.07, 6.45) is 4.07. The molecule has 1 saturated heterocycles. The maximum atomic E-state index is 4.36. The minimum atomic E-state index is 0.650. The van der Waals surface area contributed by atoms with Crippen molar-refractivity contribution in [2.45, 2.75) is 5.92 Å². The quantitative estimate of drug-likeness (QED) is 0.697. The molecule has 1 fully saturated rings. The van der Waals surface area contributed by atoms with Crippen LogP contribution < -0.4 is 5.32 Å². The average molecular weight is 173 g/mol. The first kappa shape index (κ1) is 7.09. The molecule has 66 valence electrons. The van der Waals surface area contributed by atoms with Gasteiger partial charge in [0, 0.05) is 37.1 Å². The molecule has 3 rings (SSSR count). The van der Waals surface area contributed by atoms with Gasteiger partial charge >= 0.3 is 0 Å². The lowest BCUT2D eigenvalue weighted by Gasteiger charge is -2.26. The van der Waals surface area contributed by atoms with Gasteiger partial charge in [-0.25, -0.2) is 4.98 Å². The third kappa shape index (κ3) is 0.971. The second-order valence-corrected chi connectivity index (χ2v) is 3.47. The summed E-state index contributed by atoms with van der Waals surface area (Å²) in [6, 6.07) is 6.10. The summed E-state index contributed by atoms with van der Waals surface area (Å²) in [5.74, 6) is 0.650. The Morgan fingerprint density at radius 1 is 1.38 bits per heavy atom. The lowest BCUT2D eigenvalue weighted by atomic mass is 10.0. The van der Waals surface area contributed by atoms with Crippen LogP contribution in [-0.2, 0) is 0 Å². The molecule has 1 aliphatic rings. The molecule has 0 aliphatic carbocycles. The minimum absolute atomic E-state index is 0.650. The van der Waals surface area contributed by atoms with E-state index < -0.39 is 0 Å². The Bertz CT molecular complexity index is 428. The fourth-order valence-electron chi connectivity index (χ4n) is 1.75. The van der Waals surface area contributed by atoms with Crippen molar-refractivity contribution in [1.82, 2.24) is 14.7 Å². The molecule has 3 heteroatoms. The summed E-state index contributed by atoms with van der Waals surface area (Å²) in [5.41, 5.74) is 2.37. The molecule has 1 aliphatic heterocycles. The highest BCUT2D eigenvalue weighted by atomic mass is 15.0. The van der Waals surface area contributed by atoms with Crippen LogP contribution in [0, 0.1) is 0 Å². The van der Waals surface area contributed by atoms with E-state index in [9.17, 15) is 0 Å². The standard InChI is InChI=1S/C10H11N3/c1-2-4-13-9(8-5-11-6-8)7-12-10(13)3-1/h1-4,7-8,11H,5-6H2. The summed E-state index contributed by atoms with van der Waals surface area (Å²) in [5, 5.41) is 3.27. The Morgan fingerprint density at radius 3 is 3.08 bits per heavy atom. The molecule has 0 bridgehead atoms. The summed E-state index contributed by atoms with van der Waals surface area (Å²) in [6.45, 7) is 2.17. The zero-order chi connectivity index (χ0) is 8.67. The van der Waals surface area contributed by atoms with Crippen LogP contribution in [0.4, 0.5) is 0 Å². The van der Waals surface area contributed by atoms with Crippen molar-refractivity contribution in [2.24, 2.45) is 0 Å². The first-order valence-electron chi connectivity index (χ1n) is 4.58.